The van der Waals surface area contributed by atoms with E-state index in [1.54, 1.807) is 0 Å². The molecule has 34 heavy (non-hydrogen) atoms. The number of amides is 1. The van der Waals surface area contributed by atoms with Crippen molar-refractivity contribution in [2.45, 2.75) is 19.9 Å². The van der Waals surface area contributed by atoms with E-state index in [1.807, 2.05) is 49.4 Å². The number of benzene rings is 3. The summed E-state index contributed by atoms with van der Waals surface area (Å²) in [5, 5.41) is 3.83. The third-order valence-electron chi connectivity index (χ3n) is 5.93. The summed E-state index contributed by atoms with van der Waals surface area (Å²) >= 11 is 0. The number of carbonyl (C=O) groups is 1. The van der Waals surface area contributed by atoms with Crippen LogP contribution in [-0.4, -0.2) is 30.6 Å². The second kappa shape index (κ2) is 9.83. The Morgan fingerprint density at radius 2 is 1.76 bits per heavy atom. The van der Waals surface area contributed by atoms with E-state index in [4.69, 9.17) is 14.5 Å². The summed E-state index contributed by atoms with van der Waals surface area (Å²) < 4.78 is 11.3. The quantitative estimate of drug-likeness (QED) is 0.416. The van der Waals surface area contributed by atoms with Crippen LogP contribution in [-0.2, 0) is 17.8 Å². The summed E-state index contributed by atoms with van der Waals surface area (Å²) in [4.78, 5) is 19.7. The fourth-order valence-electron chi connectivity index (χ4n) is 4.23. The van der Waals surface area contributed by atoms with Gasteiger partial charge in [0.2, 0.25) is 0 Å². The second-order valence-corrected chi connectivity index (χ2v) is 8.23. The molecule has 1 N–H and O–H groups in total. The van der Waals surface area contributed by atoms with Crippen LogP contribution in [0.5, 0.6) is 11.5 Å². The molecule has 6 nitrogen and oxygen atoms in total. The van der Waals surface area contributed by atoms with Gasteiger partial charge in [0, 0.05) is 24.2 Å². The van der Waals surface area contributed by atoms with Gasteiger partial charge in [-0.25, -0.2) is 4.98 Å². The van der Waals surface area contributed by atoms with Crippen molar-refractivity contribution in [3.8, 4) is 11.5 Å². The van der Waals surface area contributed by atoms with Crippen LogP contribution in [0.15, 0.2) is 78.9 Å². The molecule has 0 unspecified atom stereocenters. The fourth-order valence-corrected chi connectivity index (χ4v) is 4.23. The molecular weight excluding hydrogens is 426 g/mol. The Morgan fingerprint density at radius 1 is 0.941 bits per heavy atom. The molecule has 0 saturated carbocycles. The molecule has 1 aromatic heterocycles. The first kappa shape index (κ1) is 21.8. The minimum atomic E-state index is -0.232. The molecule has 1 aliphatic rings. The third-order valence-corrected chi connectivity index (χ3v) is 5.93. The van der Waals surface area contributed by atoms with Gasteiger partial charge >= 0.3 is 0 Å². The van der Waals surface area contributed by atoms with E-state index >= 15 is 0 Å². The Bertz CT molecular complexity index is 1300. The number of nitrogens with zero attached hydrogens (tertiary/aromatic N) is 2. The third kappa shape index (κ3) is 4.81. The van der Waals surface area contributed by atoms with Crippen molar-refractivity contribution >= 4 is 28.3 Å². The van der Waals surface area contributed by atoms with E-state index in [2.05, 4.69) is 46.6 Å². The van der Waals surface area contributed by atoms with Crippen LogP contribution in [0.25, 0.3) is 10.9 Å². The summed E-state index contributed by atoms with van der Waals surface area (Å²) in [5.74, 6) is 2.05. The number of rotatable bonds is 7. The van der Waals surface area contributed by atoms with Crippen molar-refractivity contribution in [2.24, 2.45) is 0 Å². The number of pyridine rings is 1. The average molecular weight is 454 g/mol. The standard InChI is InChI=1S/C28H27N3O3/c1-2-33-24-13-11-23(12-14-24)29-27(32)19-34-25-9-5-8-21-10-15-26(30-28(21)25)31-17-16-20-6-3-4-7-22(20)18-31/h3-15H,2,16-19H2,1H3,(H,29,32). The Labute approximate surface area is 199 Å². The van der Waals surface area contributed by atoms with Gasteiger partial charge in [0.15, 0.2) is 6.61 Å². The lowest BCUT2D eigenvalue weighted by Gasteiger charge is -2.30. The Kier molecular flexibility index (Phi) is 6.29. The Hall–Kier alpha value is -4.06. The van der Waals surface area contributed by atoms with Crippen molar-refractivity contribution in [3.05, 3.63) is 90.0 Å². The highest BCUT2D eigenvalue weighted by molar-refractivity contribution is 5.92. The number of nitrogens with one attached hydrogen (secondary N) is 1. The van der Waals surface area contributed by atoms with Gasteiger partial charge in [-0.2, -0.15) is 0 Å². The van der Waals surface area contributed by atoms with Gasteiger partial charge in [-0.05, 0) is 66.9 Å². The summed E-state index contributed by atoms with van der Waals surface area (Å²) in [6, 6.07) is 25.7. The van der Waals surface area contributed by atoms with E-state index in [0.717, 1.165) is 42.0 Å². The lowest BCUT2D eigenvalue weighted by atomic mass is 10.00. The second-order valence-electron chi connectivity index (χ2n) is 8.23. The van der Waals surface area contributed by atoms with E-state index in [9.17, 15) is 4.79 Å². The van der Waals surface area contributed by atoms with Crippen molar-refractivity contribution in [1.29, 1.82) is 0 Å². The molecule has 0 aliphatic carbocycles. The van der Waals surface area contributed by atoms with Gasteiger partial charge in [-0.3, -0.25) is 4.79 Å². The molecular formula is C28H27N3O3. The van der Waals surface area contributed by atoms with Crippen molar-refractivity contribution in [3.63, 3.8) is 0 Å². The number of carbonyl (C=O) groups excluding carboxylic acids is 1. The van der Waals surface area contributed by atoms with Crippen molar-refractivity contribution in [2.75, 3.05) is 30.0 Å². The van der Waals surface area contributed by atoms with Gasteiger partial charge < -0.3 is 19.7 Å². The molecule has 0 bridgehead atoms. The first-order chi connectivity index (χ1) is 16.7. The fraction of sp³-hybridized carbons (Fsp3) is 0.214. The molecule has 0 spiro atoms. The van der Waals surface area contributed by atoms with Crippen LogP contribution in [0.2, 0.25) is 0 Å². The Morgan fingerprint density at radius 3 is 2.59 bits per heavy atom. The molecule has 0 radical (unpaired) electrons. The zero-order valence-corrected chi connectivity index (χ0v) is 19.2. The minimum Gasteiger partial charge on any atom is -0.494 e. The van der Waals surface area contributed by atoms with Crippen LogP contribution in [0.3, 0.4) is 0 Å². The molecule has 1 aliphatic heterocycles. The number of aromatic nitrogens is 1. The molecule has 0 atom stereocenters. The van der Waals surface area contributed by atoms with E-state index in [0.29, 0.717) is 18.0 Å². The first-order valence-electron chi connectivity index (χ1n) is 11.6. The Balaban J connectivity index is 1.28. The van der Waals surface area contributed by atoms with Crippen LogP contribution in [0.1, 0.15) is 18.1 Å². The minimum absolute atomic E-state index is 0.102. The van der Waals surface area contributed by atoms with E-state index < -0.39 is 0 Å². The maximum Gasteiger partial charge on any atom is 0.262 e. The first-order valence-corrected chi connectivity index (χ1v) is 11.6. The maximum atomic E-state index is 12.5. The van der Waals surface area contributed by atoms with E-state index in [1.165, 1.54) is 11.1 Å². The number of para-hydroxylation sites is 1. The van der Waals surface area contributed by atoms with Crippen molar-refractivity contribution in [1.82, 2.24) is 4.98 Å². The molecule has 6 heteroatoms. The van der Waals surface area contributed by atoms with Gasteiger partial charge in [-0.1, -0.05) is 36.4 Å². The maximum absolute atomic E-state index is 12.5. The molecule has 5 rings (SSSR count). The van der Waals surface area contributed by atoms with Crippen LogP contribution >= 0.6 is 0 Å². The summed E-state index contributed by atoms with van der Waals surface area (Å²) in [5.41, 5.74) is 4.20. The summed E-state index contributed by atoms with van der Waals surface area (Å²) in [6.45, 7) is 4.19. The summed E-state index contributed by atoms with van der Waals surface area (Å²) in [6.07, 6.45) is 1.000. The zero-order valence-electron chi connectivity index (χ0n) is 19.2. The molecule has 172 valence electrons. The normalized spacial score (nSPS) is 12.8. The summed E-state index contributed by atoms with van der Waals surface area (Å²) in [7, 11) is 0. The SMILES string of the molecule is CCOc1ccc(NC(=O)COc2cccc3ccc(N4CCc5ccccc5C4)nc23)cc1. The van der Waals surface area contributed by atoms with Crippen LogP contribution in [0, 0.1) is 0 Å². The monoisotopic (exact) mass is 453 g/mol. The zero-order chi connectivity index (χ0) is 23.3. The number of ether oxygens (including phenoxy) is 2. The van der Waals surface area contributed by atoms with Crippen LogP contribution < -0.4 is 19.7 Å². The van der Waals surface area contributed by atoms with Gasteiger partial charge in [-0.15, -0.1) is 0 Å². The van der Waals surface area contributed by atoms with Gasteiger partial charge in [0.1, 0.15) is 22.8 Å². The van der Waals surface area contributed by atoms with E-state index in [-0.39, 0.29) is 12.5 Å². The predicted molar refractivity (Wildman–Crippen MR) is 135 cm³/mol. The molecule has 3 aromatic carbocycles. The highest BCUT2D eigenvalue weighted by Gasteiger charge is 2.18. The number of hydrogen-bond donors (Lipinski definition) is 1. The predicted octanol–water partition coefficient (Wildman–Crippen LogP) is 5.21. The highest BCUT2D eigenvalue weighted by atomic mass is 16.5. The van der Waals surface area contributed by atoms with Crippen molar-refractivity contribution < 1.29 is 14.3 Å². The lowest BCUT2D eigenvalue weighted by molar-refractivity contribution is -0.118. The topological polar surface area (TPSA) is 63.7 Å². The number of anilines is 2. The number of fused-ring (bicyclic) bond motifs is 2. The van der Waals surface area contributed by atoms with Gasteiger partial charge in [0.05, 0.1) is 6.61 Å². The largest absolute Gasteiger partial charge is 0.494 e. The number of hydrogen-bond acceptors (Lipinski definition) is 5. The molecule has 0 saturated heterocycles. The smallest absolute Gasteiger partial charge is 0.262 e. The van der Waals surface area contributed by atoms with Crippen LogP contribution in [0.4, 0.5) is 11.5 Å². The molecule has 1 amide bonds. The molecule has 4 aromatic rings. The van der Waals surface area contributed by atoms with Gasteiger partial charge in [0.25, 0.3) is 5.91 Å². The lowest BCUT2D eigenvalue weighted by Crippen LogP contribution is -2.30. The highest BCUT2D eigenvalue weighted by Crippen LogP contribution is 2.29. The average Bonchev–Trinajstić information content (AvgIpc) is 2.88. The molecule has 0 fully saturated rings. The molecule has 2 heterocycles.